The van der Waals surface area contributed by atoms with E-state index in [0.29, 0.717) is 17.9 Å². The Kier molecular flexibility index (Phi) is 4.46. The highest BCUT2D eigenvalue weighted by molar-refractivity contribution is 9.09. The maximum absolute atomic E-state index is 12.7. The first kappa shape index (κ1) is 17.1. The zero-order chi connectivity index (χ0) is 18.3. The standard InChI is InChI=1S/C17H13BrClN5O2/c18-8-16(25)15-4-2-12-5-10(6-17(26)24(12)15)13-7-11(19)1-3-14(13)23-9-20-21-22-23/h1,3,5-7,9,15H,2,4,8H2. The second-order valence-electron chi connectivity index (χ2n) is 6.01. The van der Waals surface area contributed by atoms with Gasteiger partial charge in [-0.15, -0.1) is 5.10 Å². The lowest BCUT2D eigenvalue weighted by Gasteiger charge is -2.14. The topological polar surface area (TPSA) is 82.7 Å². The van der Waals surface area contributed by atoms with Crippen molar-refractivity contribution in [3.05, 3.63) is 57.7 Å². The van der Waals surface area contributed by atoms with Crippen molar-refractivity contribution < 1.29 is 4.79 Å². The fraction of sp³-hybridized carbons (Fsp3) is 0.235. The second kappa shape index (κ2) is 6.77. The molecule has 1 aromatic carbocycles. The number of pyridine rings is 1. The van der Waals surface area contributed by atoms with Crippen LogP contribution >= 0.6 is 27.5 Å². The number of carbonyl (C=O) groups is 1. The summed E-state index contributed by atoms with van der Waals surface area (Å²) in [5.74, 6) is 0.00994. The van der Waals surface area contributed by atoms with Gasteiger partial charge in [0.15, 0.2) is 5.78 Å². The molecule has 26 heavy (non-hydrogen) atoms. The van der Waals surface area contributed by atoms with Crippen LogP contribution in [0.1, 0.15) is 18.2 Å². The van der Waals surface area contributed by atoms with Crippen LogP contribution in [-0.4, -0.2) is 35.9 Å². The lowest BCUT2D eigenvalue weighted by molar-refractivity contribution is -0.119. The molecule has 0 bridgehead atoms. The fourth-order valence-electron chi connectivity index (χ4n) is 3.36. The molecular weight excluding hydrogens is 422 g/mol. The number of nitrogens with zero attached hydrogens (tertiary/aromatic N) is 5. The number of Topliss-reactive ketones (excluding diaryl/α,β-unsaturated/α-hetero) is 1. The summed E-state index contributed by atoms with van der Waals surface area (Å²) in [6.45, 7) is 0. The Morgan fingerprint density at radius 2 is 2.15 bits per heavy atom. The molecule has 3 aromatic rings. The monoisotopic (exact) mass is 433 g/mol. The van der Waals surface area contributed by atoms with E-state index in [1.807, 2.05) is 6.07 Å². The van der Waals surface area contributed by atoms with E-state index in [-0.39, 0.29) is 16.7 Å². The minimum atomic E-state index is -0.399. The molecule has 0 N–H and O–H groups in total. The van der Waals surface area contributed by atoms with Crippen LogP contribution in [0.4, 0.5) is 0 Å². The molecule has 0 radical (unpaired) electrons. The first-order chi connectivity index (χ1) is 12.6. The Labute approximate surface area is 161 Å². The molecule has 132 valence electrons. The molecular formula is C17H13BrClN5O2. The van der Waals surface area contributed by atoms with Crippen molar-refractivity contribution in [2.45, 2.75) is 18.9 Å². The minimum Gasteiger partial charge on any atom is -0.302 e. The lowest BCUT2D eigenvalue weighted by atomic mass is 10.0. The highest BCUT2D eigenvalue weighted by atomic mass is 79.9. The van der Waals surface area contributed by atoms with E-state index in [4.69, 9.17) is 11.6 Å². The fourth-order valence-corrected chi connectivity index (χ4v) is 3.90. The quantitative estimate of drug-likeness (QED) is 0.590. The van der Waals surface area contributed by atoms with E-state index in [9.17, 15) is 9.59 Å². The van der Waals surface area contributed by atoms with Gasteiger partial charge in [0.25, 0.3) is 5.56 Å². The first-order valence-electron chi connectivity index (χ1n) is 7.96. The summed E-state index contributed by atoms with van der Waals surface area (Å²) in [6.07, 6.45) is 2.80. The SMILES string of the molecule is O=C(CBr)C1CCc2cc(-c3cc(Cl)ccc3-n3cnnn3)cc(=O)n21. The van der Waals surface area contributed by atoms with Crippen molar-refractivity contribution in [3.8, 4) is 16.8 Å². The predicted molar refractivity (Wildman–Crippen MR) is 100 cm³/mol. The van der Waals surface area contributed by atoms with Gasteiger partial charge in [0, 0.05) is 22.3 Å². The van der Waals surface area contributed by atoms with Gasteiger partial charge in [-0.05, 0) is 53.1 Å². The highest BCUT2D eigenvalue weighted by Crippen LogP contribution is 2.32. The molecule has 0 saturated carbocycles. The molecule has 3 heterocycles. The van der Waals surface area contributed by atoms with E-state index >= 15 is 0 Å². The maximum atomic E-state index is 12.7. The largest absolute Gasteiger partial charge is 0.302 e. The van der Waals surface area contributed by atoms with Gasteiger partial charge in [0.1, 0.15) is 6.33 Å². The molecule has 7 nitrogen and oxygen atoms in total. The molecule has 1 aliphatic rings. The third-order valence-electron chi connectivity index (χ3n) is 4.50. The van der Waals surface area contributed by atoms with Gasteiger partial charge in [-0.25, -0.2) is 0 Å². The van der Waals surface area contributed by atoms with Crippen molar-refractivity contribution in [1.82, 2.24) is 24.8 Å². The molecule has 0 aliphatic carbocycles. The molecule has 4 rings (SSSR count). The maximum Gasteiger partial charge on any atom is 0.252 e. The second-order valence-corrected chi connectivity index (χ2v) is 7.01. The molecule has 9 heteroatoms. The zero-order valence-electron chi connectivity index (χ0n) is 13.5. The summed E-state index contributed by atoms with van der Waals surface area (Å²) in [5.41, 5.74) is 2.84. The van der Waals surface area contributed by atoms with Gasteiger partial charge in [-0.1, -0.05) is 27.5 Å². The molecule has 0 amide bonds. The van der Waals surface area contributed by atoms with E-state index in [2.05, 4.69) is 31.5 Å². The van der Waals surface area contributed by atoms with Gasteiger partial charge in [-0.3, -0.25) is 9.59 Å². The molecule has 2 aromatic heterocycles. The van der Waals surface area contributed by atoms with Gasteiger partial charge in [0.2, 0.25) is 0 Å². The third kappa shape index (κ3) is 2.89. The van der Waals surface area contributed by atoms with E-state index < -0.39 is 6.04 Å². The molecule has 1 aliphatic heterocycles. The van der Waals surface area contributed by atoms with Gasteiger partial charge in [-0.2, -0.15) is 4.68 Å². The Bertz CT molecular complexity index is 1050. The Morgan fingerprint density at radius 1 is 1.31 bits per heavy atom. The number of aryl methyl sites for hydroxylation is 1. The number of hydrogen-bond acceptors (Lipinski definition) is 5. The summed E-state index contributed by atoms with van der Waals surface area (Å²) >= 11 is 9.37. The van der Waals surface area contributed by atoms with Crippen LogP contribution in [0.2, 0.25) is 5.02 Å². The number of tetrazole rings is 1. The van der Waals surface area contributed by atoms with Crippen molar-refractivity contribution in [1.29, 1.82) is 0 Å². The number of rotatable bonds is 4. The predicted octanol–water partition coefficient (Wildman–Crippen LogP) is 2.60. The molecule has 0 fully saturated rings. The van der Waals surface area contributed by atoms with Crippen molar-refractivity contribution in [2.24, 2.45) is 0 Å². The van der Waals surface area contributed by atoms with Crippen molar-refractivity contribution in [2.75, 3.05) is 5.33 Å². The van der Waals surface area contributed by atoms with Gasteiger partial charge in [0.05, 0.1) is 17.1 Å². The molecule has 1 unspecified atom stereocenters. The summed E-state index contributed by atoms with van der Waals surface area (Å²) < 4.78 is 3.11. The number of aromatic nitrogens is 5. The summed E-state index contributed by atoms with van der Waals surface area (Å²) in [5, 5.41) is 12.0. The van der Waals surface area contributed by atoms with E-state index in [1.165, 1.54) is 17.1 Å². The van der Waals surface area contributed by atoms with Crippen LogP contribution in [0.3, 0.4) is 0 Å². The molecule has 0 saturated heterocycles. The lowest BCUT2D eigenvalue weighted by Crippen LogP contribution is -2.28. The highest BCUT2D eigenvalue weighted by Gasteiger charge is 2.29. The van der Waals surface area contributed by atoms with E-state index in [1.54, 1.807) is 22.8 Å². The van der Waals surface area contributed by atoms with Crippen LogP contribution in [0, 0.1) is 0 Å². The minimum absolute atomic E-state index is 0.00994. The normalized spacial score (nSPS) is 15.8. The third-order valence-corrected chi connectivity index (χ3v) is 5.29. The number of alkyl halides is 1. The van der Waals surface area contributed by atoms with Crippen LogP contribution < -0.4 is 5.56 Å². The van der Waals surface area contributed by atoms with Crippen LogP contribution in [0.15, 0.2) is 41.5 Å². The number of hydrogen-bond donors (Lipinski definition) is 0. The number of benzene rings is 1. The van der Waals surface area contributed by atoms with Crippen molar-refractivity contribution >= 4 is 33.3 Å². The van der Waals surface area contributed by atoms with Crippen LogP contribution in [-0.2, 0) is 11.2 Å². The smallest absolute Gasteiger partial charge is 0.252 e. The summed E-state index contributed by atoms with van der Waals surface area (Å²) in [6, 6.07) is 8.39. The number of halogens is 2. The summed E-state index contributed by atoms with van der Waals surface area (Å²) in [4.78, 5) is 24.8. The molecule has 0 spiro atoms. The summed E-state index contributed by atoms with van der Waals surface area (Å²) in [7, 11) is 0. The van der Waals surface area contributed by atoms with Gasteiger partial charge >= 0.3 is 0 Å². The first-order valence-corrected chi connectivity index (χ1v) is 9.46. The number of fused-ring (bicyclic) bond motifs is 1. The van der Waals surface area contributed by atoms with Crippen LogP contribution in [0.5, 0.6) is 0 Å². The Morgan fingerprint density at radius 3 is 2.88 bits per heavy atom. The van der Waals surface area contributed by atoms with Crippen LogP contribution in [0.25, 0.3) is 16.8 Å². The Hall–Kier alpha value is -2.32. The number of carbonyl (C=O) groups excluding carboxylic acids is 1. The molecule has 1 atom stereocenters. The van der Waals surface area contributed by atoms with Crippen molar-refractivity contribution in [3.63, 3.8) is 0 Å². The van der Waals surface area contributed by atoms with E-state index in [0.717, 1.165) is 22.5 Å². The van der Waals surface area contributed by atoms with Gasteiger partial charge < -0.3 is 4.57 Å². The average Bonchev–Trinajstić information content (AvgIpc) is 3.30. The Balaban J connectivity index is 1.87. The number of ketones is 1. The zero-order valence-corrected chi connectivity index (χ0v) is 15.8. The average molecular weight is 435 g/mol.